The van der Waals surface area contributed by atoms with Crippen molar-refractivity contribution >= 4 is 5.82 Å². The molecule has 0 aliphatic carbocycles. The summed E-state index contributed by atoms with van der Waals surface area (Å²) in [5.41, 5.74) is 1.26. The first-order chi connectivity index (χ1) is 12.3. The molecule has 0 radical (unpaired) electrons. The topological polar surface area (TPSA) is 59.5 Å². The largest absolute Gasteiger partial charge is 0.491 e. The van der Waals surface area contributed by atoms with Crippen LogP contribution in [0.25, 0.3) is 0 Å². The molecule has 1 aliphatic heterocycles. The van der Waals surface area contributed by atoms with E-state index in [1.54, 1.807) is 13.3 Å². The molecule has 1 unspecified atom stereocenters. The van der Waals surface area contributed by atoms with Crippen molar-refractivity contribution in [1.29, 1.82) is 0 Å². The Balaban J connectivity index is 1.46. The van der Waals surface area contributed by atoms with E-state index in [0.29, 0.717) is 19.3 Å². The SMILES string of the molecule is COCCOc1ccc(CNC2CCCN(c3cccnn3)C2)cc1. The van der Waals surface area contributed by atoms with Gasteiger partial charge in [0.05, 0.1) is 6.61 Å². The molecule has 25 heavy (non-hydrogen) atoms. The third-order valence-electron chi connectivity index (χ3n) is 4.38. The molecule has 1 N–H and O–H groups in total. The molecule has 0 spiro atoms. The van der Waals surface area contributed by atoms with Gasteiger partial charge in [-0.1, -0.05) is 12.1 Å². The summed E-state index contributed by atoms with van der Waals surface area (Å²) < 4.78 is 10.6. The van der Waals surface area contributed by atoms with Crippen molar-refractivity contribution in [2.75, 3.05) is 38.3 Å². The molecular weight excluding hydrogens is 316 g/mol. The van der Waals surface area contributed by atoms with E-state index in [2.05, 4.69) is 32.5 Å². The number of nitrogens with zero attached hydrogens (tertiary/aromatic N) is 3. The number of hydrogen-bond acceptors (Lipinski definition) is 6. The van der Waals surface area contributed by atoms with E-state index in [9.17, 15) is 0 Å². The molecular formula is C19H26N4O2. The van der Waals surface area contributed by atoms with Crippen LogP contribution >= 0.6 is 0 Å². The zero-order valence-corrected chi connectivity index (χ0v) is 14.7. The van der Waals surface area contributed by atoms with Crippen molar-refractivity contribution < 1.29 is 9.47 Å². The first-order valence-electron chi connectivity index (χ1n) is 8.82. The van der Waals surface area contributed by atoms with Gasteiger partial charge in [0, 0.05) is 39.0 Å². The maximum Gasteiger partial charge on any atom is 0.151 e. The van der Waals surface area contributed by atoms with Crippen LogP contribution in [-0.4, -0.2) is 49.7 Å². The predicted octanol–water partition coefficient (Wildman–Crippen LogP) is 2.26. The van der Waals surface area contributed by atoms with Gasteiger partial charge in [0.15, 0.2) is 5.82 Å². The fourth-order valence-corrected chi connectivity index (χ4v) is 3.02. The number of piperidine rings is 1. The minimum atomic E-state index is 0.466. The Morgan fingerprint density at radius 2 is 2.08 bits per heavy atom. The highest BCUT2D eigenvalue weighted by atomic mass is 16.5. The van der Waals surface area contributed by atoms with E-state index < -0.39 is 0 Å². The van der Waals surface area contributed by atoms with Crippen LogP contribution in [-0.2, 0) is 11.3 Å². The average Bonchev–Trinajstić information content (AvgIpc) is 2.68. The minimum Gasteiger partial charge on any atom is -0.491 e. The van der Waals surface area contributed by atoms with Gasteiger partial charge in [-0.2, -0.15) is 5.10 Å². The first-order valence-corrected chi connectivity index (χ1v) is 8.82. The Kier molecular flexibility index (Phi) is 6.59. The van der Waals surface area contributed by atoms with Gasteiger partial charge in [0.25, 0.3) is 0 Å². The van der Waals surface area contributed by atoms with Crippen LogP contribution in [0.3, 0.4) is 0 Å². The summed E-state index contributed by atoms with van der Waals surface area (Å²) in [5, 5.41) is 11.9. The highest BCUT2D eigenvalue weighted by molar-refractivity contribution is 5.37. The second-order valence-corrected chi connectivity index (χ2v) is 6.23. The molecule has 3 rings (SSSR count). The van der Waals surface area contributed by atoms with Crippen LogP contribution in [0.4, 0.5) is 5.82 Å². The van der Waals surface area contributed by atoms with Crippen LogP contribution in [0.1, 0.15) is 18.4 Å². The van der Waals surface area contributed by atoms with E-state index in [1.165, 1.54) is 18.4 Å². The summed E-state index contributed by atoms with van der Waals surface area (Å²) in [4.78, 5) is 2.31. The number of methoxy groups -OCH3 is 1. The van der Waals surface area contributed by atoms with Crippen molar-refractivity contribution in [3.05, 3.63) is 48.2 Å². The Labute approximate surface area is 149 Å². The molecule has 0 bridgehead atoms. The Hall–Kier alpha value is -2.18. The monoisotopic (exact) mass is 342 g/mol. The maximum atomic E-state index is 5.59. The van der Waals surface area contributed by atoms with Crippen molar-refractivity contribution in [2.24, 2.45) is 0 Å². The molecule has 2 aromatic rings. The summed E-state index contributed by atoms with van der Waals surface area (Å²) in [7, 11) is 1.68. The smallest absolute Gasteiger partial charge is 0.151 e. The van der Waals surface area contributed by atoms with Crippen molar-refractivity contribution in [3.63, 3.8) is 0 Å². The predicted molar refractivity (Wildman–Crippen MR) is 97.9 cm³/mol. The fourth-order valence-electron chi connectivity index (χ4n) is 3.02. The standard InChI is InChI=1S/C19H26N4O2/c1-24-12-13-25-18-8-6-16(7-9-18)14-20-17-4-3-11-23(15-17)19-5-2-10-21-22-19/h2,5-10,17,20H,3-4,11-15H2,1H3. The number of anilines is 1. The van der Waals surface area contributed by atoms with E-state index in [0.717, 1.165) is 31.2 Å². The lowest BCUT2D eigenvalue weighted by Gasteiger charge is -2.33. The zero-order valence-electron chi connectivity index (χ0n) is 14.7. The van der Waals surface area contributed by atoms with Gasteiger partial charge in [0.2, 0.25) is 0 Å². The van der Waals surface area contributed by atoms with Gasteiger partial charge in [0.1, 0.15) is 12.4 Å². The average molecular weight is 342 g/mol. The summed E-state index contributed by atoms with van der Waals surface area (Å²) in [5.74, 6) is 1.85. The zero-order chi connectivity index (χ0) is 17.3. The van der Waals surface area contributed by atoms with E-state index in [1.807, 2.05) is 24.3 Å². The maximum absolute atomic E-state index is 5.59. The molecule has 1 saturated heterocycles. The lowest BCUT2D eigenvalue weighted by Crippen LogP contribution is -2.45. The minimum absolute atomic E-state index is 0.466. The molecule has 2 heterocycles. The third-order valence-corrected chi connectivity index (χ3v) is 4.38. The highest BCUT2D eigenvalue weighted by Gasteiger charge is 2.20. The van der Waals surface area contributed by atoms with Gasteiger partial charge < -0.3 is 19.7 Å². The van der Waals surface area contributed by atoms with E-state index >= 15 is 0 Å². The second-order valence-electron chi connectivity index (χ2n) is 6.23. The van der Waals surface area contributed by atoms with Crippen LogP contribution in [0.2, 0.25) is 0 Å². The number of benzene rings is 1. The first kappa shape index (κ1) is 17.6. The molecule has 1 aliphatic rings. The van der Waals surface area contributed by atoms with Crippen LogP contribution in [0.15, 0.2) is 42.6 Å². The second kappa shape index (κ2) is 9.34. The van der Waals surface area contributed by atoms with Gasteiger partial charge >= 0.3 is 0 Å². The molecule has 6 heteroatoms. The lowest BCUT2D eigenvalue weighted by molar-refractivity contribution is 0.146. The number of rotatable bonds is 8. The lowest BCUT2D eigenvalue weighted by atomic mass is 10.1. The molecule has 0 amide bonds. The Morgan fingerprint density at radius 1 is 1.20 bits per heavy atom. The Morgan fingerprint density at radius 3 is 2.84 bits per heavy atom. The normalized spacial score (nSPS) is 17.5. The summed E-state index contributed by atoms with van der Waals surface area (Å²) in [6.07, 6.45) is 4.07. The summed E-state index contributed by atoms with van der Waals surface area (Å²) in [6, 6.07) is 12.7. The highest BCUT2D eigenvalue weighted by Crippen LogP contribution is 2.17. The summed E-state index contributed by atoms with van der Waals surface area (Å²) in [6.45, 7) is 4.06. The number of aromatic nitrogens is 2. The number of nitrogens with one attached hydrogen (secondary N) is 1. The third kappa shape index (κ3) is 5.41. The molecule has 6 nitrogen and oxygen atoms in total. The van der Waals surface area contributed by atoms with Crippen LogP contribution < -0.4 is 15.0 Å². The van der Waals surface area contributed by atoms with Gasteiger partial charge in [-0.3, -0.25) is 0 Å². The van der Waals surface area contributed by atoms with Gasteiger partial charge in [-0.15, -0.1) is 5.10 Å². The van der Waals surface area contributed by atoms with Crippen molar-refractivity contribution in [3.8, 4) is 5.75 Å². The summed E-state index contributed by atoms with van der Waals surface area (Å²) >= 11 is 0. The van der Waals surface area contributed by atoms with Gasteiger partial charge in [-0.05, 0) is 42.7 Å². The van der Waals surface area contributed by atoms with Crippen molar-refractivity contribution in [1.82, 2.24) is 15.5 Å². The number of hydrogen-bond donors (Lipinski definition) is 1. The Bertz CT molecular complexity index is 621. The number of ether oxygens (including phenoxy) is 2. The van der Waals surface area contributed by atoms with E-state index in [4.69, 9.17) is 9.47 Å². The van der Waals surface area contributed by atoms with Gasteiger partial charge in [-0.25, -0.2) is 0 Å². The molecule has 1 aromatic heterocycles. The molecule has 134 valence electrons. The fraction of sp³-hybridized carbons (Fsp3) is 0.474. The van der Waals surface area contributed by atoms with Crippen molar-refractivity contribution in [2.45, 2.75) is 25.4 Å². The van der Waals surface area contributed by atoms with Crippen LogP contribution in [0, 0.1) is 0 Å². The molecule has 1 atom stereocenters. The van der Waals surface area contributed by atoms with E-state index in [-0.39, 0.29) is 0 Å². The van der Waals surface area contributed by atoms with Crippen LogP contribution in [0.5, 0.6) is 5.75 Å². The quantitative estimate of drug-likeness (QED) is 0.743. The molecule has 1 aromatic carbocycles. The molecule has 1 fully saturated rings. The molecule has 0 saturated carbocycles.